The first-order valence-corrected chi connectivity index (χ1v) is 9.90. The zero-order chi connectivity index (χ0) is 18.4. The van der Waals surface area contributed by atoms with Gasteiger partial charge in [0.1, 0.15) is 0 Å². The van der Waals surface area contributed by atoms with Gasteiger partial charge in [0, 0.05) is 17.9 Å². The third kappa shape index (κ3) is 4.94. The Labute approximate surface area is 159 Å². The summed E-state index contributed by atoms with van der Waals surface area (Å²) in [5, 5.41) is 2.88. The van der Waals surface area contributed by atoms with Gasteiger partial charge < -0.3 is 14.8 Å². The van der Waals surface area contributed by atoms with E-state index in [2.05, 4.69) is 24.4 Å². The van der Waals surface area contributed by atoms with Crippen molar-refractivity contribution in [1.29, 1.82) is 0 Å². The highest BCUT2D eigenvalue weighted by molar-refractivity contribution is 8.00. The van der Waals surface area contributed by atoms with Crippen LogP contribution >= 0.6 is 11.8 Å². The average molecular weight is 372 g/mol. The van der Waals surface area contributed by atoms with Gasteiger partial charge in [0.05, 0.1) is 18.5 Å². The van der Waals surface area contributed by atoms with E-state index in [1.54, 1.807) is 0 Å². The SMILES string of the molecule is CC(Sc1ccc2c(c1)OCCCO2)C(=O)NCC(C)c1ccccc1. The number of hydrogen-bond donors (Lipinski definition) is 1. The largest absolute Gasteiger partial charge is 0.490 e. The maximum Gasteiger partial charge on any atom is 0.233 e. The molecule has 0 aromatic heterocycles. The van der Waals surface area contributed by atoms with Crippen molar-refractivity contribution in [3.05, 3.63) is 54.1 Å². The molecule has 2 aromatic carbocycles. The Morgan fingerprint density at radius 3 is 2.58 bits per heavy atom. The van der Waals surface area contributed by atoms with Crippen LogP contribution in [0.5, 0.6) is 11.5 Å². The summed E-state index contributed by atoms with van der Waals surface area (Å²) in [5.41, 5.74) is 1.23. The van der Waals surface area contributed by atoms with Crippen molar-refractivity contribution in [3.8, 4) is 11.5 Å². The minimum atomic E-state index is -0.178. The fraction of sp³-hybridized carbons (Fsp3) is 0.381. The van der Waals surface area contributed by atoms with Crippen LogP contribution in [0.1, 0.15) is 31.7 Å². The van der Waals surface area contributed by atoms with Crippen LogP contribution in [0.4, 0.5) is 0 Å². The molecule has 0 bridgehead atoms. The predicted molar refractivity (Wildman–Crippen MR) is 105 cm³/mol. The number of thioether (sulfide) groups is 1. The second-order valence-electron chi connectivity index (χ2n) is 6.48. The molecule has 2 aromatic rings. The highest BCUT2D eigenvalue weighted by atomic mass is 32.2. The zero-order valence-electron chi connectivity index (χ0n) is 15.2. The molecule has 1 heterocycles. The topological polar surface area (TPSA) is 47.6 Å². The maximum absolute atomic E-state index is 12.4. The highest BCUT2D eigenvalue weighted by Gasteiger charge is 2.17. The minimum Gasteiger partial charge on any atom is -0.490 e. The van der Waals surface area contributed by atoms with Gasteiger partial charge in [-0.05, 0) is 36.6 Å². The number of fused-ring (bicyclic) bond motifs is 1. The van der Waals surface area contributed by atoms with Crippen LogP contribution in [-0.4, -0.2) is 30.9 Å². The van der Waals surface area contributed by atoms with Gasteiger partial charge in [0.15, 0.2) is 11.5 Å². The van der Waals surface area contributed by atoms with Crippen LogP contribution in [0.25, 0.3) is 0 Å². The van der Waals surface area contributed by atoms with E-state index < -0.39 is 0 Å². The molecule has 3 rings (SSSR count). The van der Waals surface area contributed by atoms with Crippen molar-refractivity contribution < 1.29 is 14.3 Å². The number of hydrogen-bond acceptors (Lipinski definition) is 4. The van der Waals surface area contributed by atoms with Crippen LogP contribution in [0.3, 0.4) is 0 Å². The summed E-state index contributed by atoms with van der Waals surface area (Å²) < 4.78 is 11.4. The fourth-order valence-electron chi connectivity index (χ4n) is 2.77. The fourth-order valence-corrected chi connectivity index (χ4v) is 3.69. The van der Waals surface area contributed by atoms with Gasteiger partial charge in [-0.1, -0.05) is 37.3 Å². The lowest BCUT2D eigenvalue weighted by Gasteiger charge is -2.16. The van der Waals surface area contributed by atoms with E-state index in [0.717, 1.165) is 22.8 Å². The van der Waals surface area contributed by atoms with Crippen molar-refractivity contribution in [2.24, 2.45) is 0 Å². The Hall–Kier alpha value is -2.14. The Morgan fingerprint density at radius 2 is 1.81 bits per heavy atom. The minimum absolute atomic E-state index is 0.0462. The van der Waals surface area contributed by atoms with Crippen molar-refractivity contribution in [2.75, 3.05) is 19.8 Å². The molecule has 138 valence electrons. The number of benzene rings is 2. The van der Waals surface area contributed by atoms with Crippen molar-refractivity contribution in [1.82, 2.24) is 5.32 Å². The Balaban J connectivity index is 1.53. The Kier molecular flexibility index (Phi) is 6.45. The van der Waals surface area contributed by atoms with Gasteiger partial charge in [0.25, 0.3) is 0 Å². The third-order valence-corrected chi connectivity index (χ3v) is 5.45. The van der Waals surface area contributed by atoms with Crippen molar-refractivity contribution in [3.63, 3.8) is 0 Å². The van der Waals surface area contributed by atoms with Gasteiger partial charge in [-0.2, -0.15) is 0 Å². The summed E-state index contributed by atoms with van der Waals surface area (Å²) >= 11 is 1.53. The normalized spacial score (nSPS) is 15.6. The molecule has 0 saturated heterocycles. The molecule has 0 aliphatic carbocycles. The summed E-state index contributed by atoms with van der Waals surface area (Å²) in [5.74, 6) is 1.87. The summed E-state index contributed by atoms with van der Waals surface area (Å²) in [6.07, 6.45) is 0.884. The van der Waals surface area contributed by atoms with E-state index in [-0.39, 0.29) is 17.1 Å². The molecule has 2 unspecified atom stereocenters. The van der Waals surface area contributed by atoms with E-state index in [1.807, 2.05) is 43.3 Å². The molecule has 2 atom stereocenters. The van der Waals surface area contributed by atoms with E-state index >= 15 is 0 Å². The van der Waals surface area contributed by atoms with Gasteiger partial charge >= 0.3 is 0 Å². The number of rotatable bonds is 6. The molecule has 26 heavy (non-hydrogen) atoms. The van der Waals surface area contributed by atoms with E-state index in [1.165, 1.54) is 17.3 Å². The molecule has 1 amide bonds. The predicted octanol–water partition coefficient (Wildman–Crippen LogP) is 4.25. The quantitative estimate of drug-likeness (QED) is 0.771. The van der Waals surface area contributed by atoms with Crippen LogP contribution < -0.4 is 14.8 Å². The van der Waals surface area contributed by atoms with E-state index in [4.69, 9.17) is 9.47 Å². The molecule has 0 spiro atoms. The van der Waals surface area contributed by atoms with Crippen molar-refractivity contribution in [2.45, 2.75) is 36.3 Å². The zero-order valence-corrected chi connectivity index (χ0v) is 16.1. The number of ether oxygens (including phenoxy) is 2. The molecule has 0 fully saturated rings. The molecule has 0 saturated carbocycles. The number of nitrogens with one attached hydrogen (secondary N) is 1. The first kappa shape index (κ1) is 18.6. The summed E-state index contributed by atoms with van der Waals surface area (Å²) in [4.78, 5) is 13.4. The lowest BCUT2D eigenvalue weighted by Crippen LogP contribution is -2.33. The average Bonchev–Trinajstić information content (AvgIpc) is 2.91. The smallest absolute Gasteiger partial charge is 0.233 e. The standard InChI is InChI=1S/C21H25NO3S/c1-15(17-7-4-3-5-8-17)14-22-21(23)16(2)26-18-9-10-19-20(13-18)25-12-6-11-24-19/h3-5,7-10,13,15-16H,6,11-12,14H2,1-2H3,(H,22,23). The lowest BCUT2D eigenvalue weighted by atomic mass is 10.0. The Morgan fingerprint density at radius 1 is 1.08 bits per heavy atom. The number of carbonyl (C=O) groups excluding carboxylic acids is 1. The molecular formula is C21H25NO3S. The Bertz CT molecular complexity index is 735. The molecule has 1 N–H and O–H groups in total. The van der Waals surface area contributed by atoms with Gasteiger partial charge in [-0.3, -0.25) is 4.79 Å². The van der Waals surface area contributed by atoms with Gasteiger partial charge in [0.2, 0.25) is 5.91 Å². The second kappa shape index (κ2) is 8.99. The third-order valence-electron chi connectivity index (χ3n) is 4.35. The van der Waals surface area contributed by atoms with Crippen LogP contribution in [0.15, 0.2) is 53.4 Å². The lowest BCUT2D eigenvalue weighted by molar-refractivity contribution is -0.120. The monoisotopic (exact) mass is 371 g/mol. The first-order chi connectivity index (χ1) is 12.6. The summed E-state index contributed by atoms with van der Waals surface area (Å²) in [6.45, 7) is 6.02. The molecule has 5 heteroatoms. The van der Waals surface area contributed by atoms with E-state index in [0.29, 0.717) is 19.8 Å². The maximum atomic E-state index is 12.4. The molecule has 1 aliphatic rings. The summed E-state index contributed by atoms with van der Waals surface area (Å²) in [6, 6.07) is 16.1. The molecule has 4 nitrogen and oxygen atoms in total. The molecule has 1 aliphatic heterocycles. The molecule has 0 radical (unpaired) electrons. The van der Waals surface area contributed by atoms with E-state index in [9.17, 15) is 4.79 Å². The highest BCUT2D eigenvalue weighted by Crippen LogP contribution is 2.35. The van der Waals surface area contributed by atoms with Gasteiger partial charge in [-0.25, -0.2) is 0 Å². The number of amides is 1. The molecular weight excluding hydrogens is 346 g/mol. The van der Waals surface area contributed by atoms with Crippen molar-refractivity contribution >= 4 is 17.7 Å². The number of carbonyl (C=O) groups is 1. The van der Waals surface area contributed by atoms with Crippen LogP contribution in [-0.2, 0) is 4.79 Å². The van der Waals surface area contributed by atoms with Gasteiger partial charge in [-0.15, -0.1) is 11.8 Å². The van der Waals surface area contributed by atoms with Crippen LogP contribution in [0.2, 0.25) is 0 Å². The second-order valence-corrected chi connectivity index (χ2v) is 7.89. The van der Waals surface area contributed by atoms with Crippen LogP contribution in [0, 0.1) is 0 Å². The first-order valence-electron chi connectivity index (χ1n) is 9.02. The summed E-state index contributed by atoms with van der Waals surface area (Å²) in [7, 11) is 0.